The molecule has 2 atom stereocenters. The first-order chi connectivity index (χ1) is 9.54. The van der Waals surface area contributed by atoms with Gasteiger partial charge >= 0.3 is 0 Å². The van der Waals surface area contributed by atoms with Crippen LogP contribution < -0.4 is 5.73 Å². The van der Waals surface area contributed by atoms with Crippen LogP contribution in [0.1, 0.15) is 29.4 Å². The lowest BCUT2D eigenvalue weighted by Crippen LogP contribution is -2.32. The van der Waals surface area contributed by atoms with Gasteiger partial charge in [-0.05, 0) is 48.1 Å². The number of nitrogens with two attached hydrogens (primary N) is 1. The summed E-state index contributed by atoms with van der Waals surface area (Å²) in [6.45, 7) is 2.51. The van der Waals surface area contributed by atoms with Crippen molar-refractivity contribution in [2.75, 3.05) is 13.6 Å². The van der Waals surface area contributed by atoms with Crippen LogP contribution in [-0.4, -0.2) is 18.5 Å². The van der Waals surface area contributed by atoms with Crippen molar-refractivity contribution in [1.82, 2.24) is 4.90 Å². The van der Waals surface area contributed by atoms with Gasteiger partial charge in [-0.2, -0.15) is 0 Å². The molecule has 2 N–H and O–H groups in total. The summed E-state index contributed by atoms with van der Waals surface area (Å²) in [5, 5.41) is 0. The third kappa shape index (κ3) is 3.28. The molecule has 2 unspecified atom stereocenters. The highest BCUT2D eigenvalue weighted by Gasteiger charge is 2.24. The molecule has 1 aromatic heterocycles. The summed E-state index contributed by atoms with van der Waals surface area (Å²) < 4.78 is 15.0. The summed E-state index contributed by atoms with van der Waals surface area (Å²) in [6, 6.07) is 11.0. The van der Waals surface area contributed by atoms with Gasteiger partial charge in [0.25, 0.3) is 0 Å². The number of hydrogen-bond acceptors (Lipinski definition) is 3. The Hall–Kier alpha value is -0.750. The molecule has 2 aromatic rings. The maximum atomic E-state index is 13.9. The molecule has 20 heavy (non-hydrogen) atoms. The monoisotopic (exact) mass is 356 g/mol. The quantitative estimate of drug-likeness (QED) is 0.862. The Morgan fingerprint density at radius 1 is 1.30 bits per heavy atom. The normalized spacial score (nSPS) is 14.5. The van der Waals surface area contributed by atoms with Crippen LogP contribution in [0.5, 0.6) is 0 Å². The van der Waals surface area contributed by atoms with Gasteiger partial charge in [0.15, 0.2) is 0 Å². The number of likely N-dealkylation sites (N-methyl/N-ethyl adjacent to an activating group) is 1. The number of nitrogens with zero attached hydrogens (tertiary/aromatic N) is 1. The molecule has 2 nitrogen and oxygen atoms in total. The van der Waals surface area contributed by atoms with E-state index in [4.69, 9.17) is 5.73 Å². The SMILES string of the molecule is CC(c1ccccc1F)N(C)C(CN)c1ccc(Br)s1. The highest BCUT2D eigenvalue weighted by molar-refractivity contribution is 9.11. The van der Waals surface area contributed by atoms with E-state index >= 15 is 0 Å². The van der Waals surface area contributed by atoms with E-state index < -0.39 is 0 Å². The summed E-state index contributed by atoms with van der Waals surface area (Å²) in [5.74, 6) is -0.171. The third-order valence-electron chi connectivity index (χ3n) is 3.60. The van der Waals surface area contributed by atoms with Crippen molar-refractivity contribution in [2.45, 2.75) is 19.0 Å². The Balaban J connectivity index is 2.24. The first-order valence-corrected chi connectivity index (χ1v) is 8.07. The van der Waals surface area contributed by atoms with Gasteiger partial charge in [0.1, 0.15) is 5.82 Å². The molecule has 0 bridgehead atoms. The Morgan fingerprint density at radius 2 is 2.00 bits per heavy atom. The first-order valence-electron chi connectivity index (χ1n) is 6.46. The zero-order chi connectivity index (χ0) is 14.7. The Kier molecular flexibility index (Phi) is 5.32. The van der Waals surface area contributed by atoms with Crippen LogP contribution in [0, 0.1) is 5.82 Å². The number of halogens is 2. The van der Waals surface area contributed by atoms with Crippen LogP contribution in [0.2, 0.25) is 0 Å². The lowest BCUT2D eigenvalue weighted by molar-refractivity contribution is 0.189. The van der Waals surface area contributed by atoms with Crippen molar-refractivity contribution in [1.29, 1.82) is 0 Å². The van der Waals surface area contributed by atoms with Gasteiger partial charge in [-0.1, -0.05) is 18.2 Å². The van der Waals surface area contributed by atoms with Gasteiger partial charge in [-0.15, -0.1) is 11.3 Å². The Labute approximate surface area is 131 Å². The predicted octanol–water partition coefficient (Wildman–Crippen LogP) is 4.34. The summed E-state index contributed by atoms with van der Waals surface area (Å²) in [7, 11) is 1.99. The van der Waals surface area contributed by atoms with Gasteiger partial charge in [0.05, 0.1) is 9.83 Å². The Morgan fingerprint density at radius 3 is 2.55 bits per heavy atom. The molecule has 0 amide bonds. The highest BCUT2D eigenvalue weighted by Crippen LogP contribution is 2.34. The van der Waals surface area contributed by atoms with Crippen molar-refractivity contribution in [3.63, 3.8) is 0 Å². The van der Waals surface area contributed by atoms with Gasteiger partial charge in [-0.3, -0.25) is 4.90 Å². The van der Waals surface area contributed by atoms with E-state index in [0.29, 0.717) is 12.1 Å². The molecule has 0 spiro atoms. The molecular weight excluding hydrogens is 339 g/mol. The number of benzene rings is 1. The van der Waals surface area contributed by atoms with Crippen LogP contribution in [0.3, 0.4) is 0 Å². The van der Waals surface area contributed by atoms with Crippen molar-refractivity contribution >= 4 is 27.3 Å². The van der Waals surface area contributed by atoms with Crippen molar-refractivity contribution < 1.29 is 4.39 Å². The van der Waals surface area contributed by atoms with E-state index in [9.17, 15) is 4.39 Å². The molecule has 1 heterocycles. The van der Waals surface area contributed by atoms with E-state index in [1.807, 2.05) is 32.2 Å². The minimum Gasteiger partial charge on any atom is -0.329 e. The lowest BCUT2D eigenvalue weighted by Gasteiger charge is -2.32. The molecule has 0 aliphatic rings. The molecule has 0 saturated carbocycles. The molecule has 1 aromatic carbocycles. The summed E-state index contributed by atoms with van der Waals surface area (Å²) in [5.41, 5.74) is 6.62. The minimum absolute atomic E-state index is 0.0365. The second kappa shape index (κ2) is 6.80. The first kappa shape index (κ1) is 15.6. The third-order valence-corrected chi connectivity index (χ3v) is 5.33. The topological polar surface area (TPSA) is 29.3 Å². The Bertz CT molecular complexity index is 573. The number of rotatable bonds is 5. The maximum Gasteiger partial charge on any atom is 0.127 e. The molecule has 108 valence electrons. The smallest absolute Gasteiger partial charge is 0.127 e. The summed E-state index contributed by atoms with van der Waals surface area (Å²) in [4.78, 5) is 3.31. The molecule has 2 rings (SSSR count). The second-order valence-corrected chi connectivity index (χ2v) is 7.25. The van der Waals surface area contributed by atoms with Crippen LogP contribution in [-0.2, 0) is 0 Å². The van der Waals surface area contributed by atoms with E-state index in [-0.39, 0.29) is 17.9 Å². The zero-order valence-corrected chi connectivity index (χ0v) is 13.9. The standard InChI is InChI=1S/C15H18BrFN2S/c1-10(11-5-3-4-6-12(11)17)19(2)13(9-18)14-7-8-15(16)20-14/h3-8,10,13H,9,18H2,1-2H3. The minimum atomic E-state index is -0.171. The molecule has 0 aliphatic heterocycles. The summed E-state index contributed by atoms with van der Waals surface area (Å²) >= 11 is 5.14. The molecule has 0 saturated heterocycles. The maximum absolute atomic E-state index is 13.9. The van der Waals surface area contributed by atoms with Crippen LogP contribution in [0.15, 0.2) is 40.2 Å². The number of hydrogen-bond donors (Lipinski definition) is 1. The zero-order valence-electron chi connectivity index (χ0n) is 11.5. The van der Waals surface area contributed by atoms with Crippen LogP contribution >= 0.6 is 27.3 Å². The lowest BCUT2D eigenvalue weighted by atomic mass is 10.0. The predicted molar refractivity (Wildman–Crippen MR) is 86.4 cm³/mol. The second-order valence-electron chi connectivity index (χ2n) is 4.76. The molecule has 0 aliphatic carbocycles. The van der Waals surface area contributed by atoms with E-state index in [1.165, 1.54) is 10.9 Å². The average molecular weight is 357 g/mol. The molecule has 0 radical (unpaired) electrons. The average Bonchev–Trinajstić information content (AvgIpc) is 2.85. The van der Waals surface area contributed by atoms with Gasteiger partial charge in [-0.25, -0.2) is 4.39 Å². The van der Waals surface area contributed by atoms with Gasteiger partial charge in [0.2, 0.25) is 0 Å². The van der Waals surface area contributed by atoms with Crippen molar-refractivity contribution in [3.05, 3.63) is 56.4 Å². The van der Waals surface area contributed by atoms with Gasteiger partial charge < -0.3 is 5.73 Å². The highest BCUT2D eigenvalue weighted by atomic mass is 79.9. The fraction of sp³-hybridized carbons (Fsp3) is 0.333. The van der Waals surface area contributed by atoms with Crippen molar-refractivity contribution in [3.8, 4) is 0 Å². The van der Waals surface area contributed by atoms with E-state index in [1.54, 1.807) is 17.4 Å². The molecular formula is C15H18BrFN2S. The van der Waals surface area contributed by atoms with Crippen molar-refractivity contribution in [2.24, 2.45) is 5.73 Å². The van der Waals surface area contributed by atoms with Crippen LogP contribution in [0.25, 0.3) is 0 Å². The fourth-order valence-corrected chi connectivity index (χ4v) is 3.88. The van der Waals surface area contributed by atoms with E-state index in [2.05, 4.69) is 26.9 Å². The fourth-order valence-electron chi connectivity index (χ4n) is 2.29. The molecule has 0 fully saturated rings. The van der Waals surface area contributed by atoms with Gasteiger partial charge in [0, 0.05) is 23.0 Å². The summed E-state index contributed by atoms with van der Waals surface area (Å²) in [6.07, 6.45) is 0. The van der Waals surface area contributed by atoms with Crippen LogP contribution in [0.4, 0.5) is 4.39 Å². The molecule has 5 heteroatoms. The van der Waals surface area contributed by atoms with E-state index in [0.717, 1.165) is 3.79 Å². The number of thiophene rings is 1. The largest absolute Gasteiger partial charge is 0.329 e.